The van der Waals surface area contributed by atoms with E-state index in [4.69, 9.17) is 19.3 Å². The summed E-state index contributed by atoms with van der Waals surface area (Å²) < 4.78 is 16.8. The fraction of sp³-hybridized carbons (Fsp3) is 0.348. The van der Waals surface area contributed by atoms with E-state index in [0.717, 1.165) is 0 Å². The van der Waals surface area contributed by atoms with E-state index in [2.05, 4.69) is 25.3 Å². The number of hydrogen-bond acceptors (Lipinski definition) is 12. The van der Waals surface area contributed by atoms with Gasteiger partial charge in [0.1, 0.15) is 17.8 Å². The van der Waals surface area contributed by atoms with Crippen molar-refractivity contribution < 1.29 is 23.5 Å². The van der Waals surface area contributed by atoms with Crippen molar-refractivity contribution in [2.45, 2.75) is 12.5 Å². The monoisotopic (exact) mass is 492 g/mol. The van der Waals surface area contributed by atoms with Crippen LogP contribution in [0.1, 0.15) is 16.9 Å². The van der Waals surface area contributed by atoms with Crippen molar-refractivity contribution in [2.75, 3.05) is 60.2 Å². The van der Waals surface area contributed by atoms with E-state index in [-0.39, 0.29) is 11.6 Å². The average Bonchev–Trinajstić information content (AvgIpc) is 3.63. The van der Waals surface area contributed by atoms with Crippen molar-refractivity contribution in [1.29, 1.82) is 0 Å². The first kappa shape index (κ1) is 22.2. The Morgan fingerprint density at radius 3 is 2.75 bits per heavy atom. The lowest BCUT2D eigenvalue weighted by atomic mass is 10.3. The molecule has 0 unspecified atom stereocenters. The number of carbonyl (C=O) groups excluding carboxylic acids is 1. The Hall–Kier alpha value is -4.23. The molecule has 2 aliphatic heterocycles. The SMILES string of the molecule is Nc1cccc(-c2nc(C(=O)Nc3cc4oc(N5CCOCC5)nc4nc3N3CC[C@@H](O)C3)co2)n1. The molecular formula is C23H24N8O5. The molecule has 0 spiro atoms. The highest BCUT2D eigenvalue weighted by Gasteiger charge is 2.27. The molecule has 6 rings (SSSR count). The van der Waals surface area contributed by atoms with Crippen molar-refractivity contribution in [2.24, 2.45) is 0 Å². The van der Waals surface area contributed by atoms with Crippen LogP contribution in [-0.2, 0) is 4.74 Å². The first-order valence-corrected chi connectivity index (χ1v) is 11.6. The number of nitrogen functional groups attached to an aromatic ring is 1. The fourth-order valence-corrected chi connectivity index (χ4v) is 4.25. The maximum Gasteiger partial charge on any atom is 0.300 e. The molecule has 4 N–H and O–H groups in total. The number of amides is 1. The third-order valence-corrected chi connectivity index (χ3v) is 6.07. The third kappa shape index (κ3) is 4.29. The molecule has 2 aliphatic rings. The van der Waals surface area contributed by atoms with Gasteiger partial charge in [0.25, 0.3) is 11.9 Å². The number of aromatic nitrogens is 4. The van der Waals surface area contributed by atoms with Crippen LogP contribution < -0.4 is 20.9 Å². The number of oxazole rings is 2. The highest BCUT2D eigenvalue weighted by molar-refractivity contribution is 6.05. The Morgan fingerprint density at radius 2 is 1.97 bits per heavy atom. The number of aliphatic hydroxyl groups excluding tert-OH is 1. The van der Waals surface area contributed by atoms with Gasteiger partial charge in [-0.2, -0.15) is 4.98 Å². The van der Waals surface area contributed by atoms with Crippen LogP contribution in [0.25, 0.3) is 22.8 Å². The zero-order valence-corrected chi connectivity index (χ0v) is 19.3. The van der Waals surface area contributed by atoms with Crippen LogP contribution in [0.2, 0.25) is 0 Å². The van der Waals surface area contributed by atoms with Crippen molar-refractivity contribution in [3.8, 4) is 11.6 Å². The van der Waals surface area contributed by atoms with Gasteiger partial charge < -0.3 is 39.5 Å². The molecule has 6 heterocycles. The van der Waals surface area contributed by atoms with Gasteiger partial charge in [0.05, 0.1) is 25.0 Å². The highest BCUT2D eigenvalue weighted by atomic mass is 16.5. The van der Waals surface area contributed by atoms with Crippen LogP contribution in [0.3, 0.4) is 0 Å². The lowest BCUT2D eigenvalue weighted by Gasteiger charge is -2.24. The number of hydrogen-bond donors (Lipinski definition) is 3. The van der Waals surface area contributed by atoms with Crippen LogP contribution >= 0.6 is 0 Å². The summed E-state index contributed by atoms with van der Waals surface area (Å²) >= 11 is 0. The zero-order valence-electron chi connectivity index (χ0n) is 19.3. The molecule has 1 amide bonds. The number of nitrogens with one attached hydrogen (secondary N) is 1. The third-order valence-electron chi connectivity index (χ3n) is 6.07. The van der Waals surface area contributed by atoms with E-state index in [0.29, 0.717) is 86.1 Å². The van der Waals surface area contributed by atoms with Crippen LogP contribution in [0.4, 0.5) is 23.3 Å². The number of anilines is 4. The second-order valence-electron chi connectivity index (χ2n) is 8.61. The number of β-amino-alcohol motifs (C(OH)–C–C–N with tert-alkyl or cyclic N) is 1. The van der Waals surface area contributed by atoms with Gasteiger partial charge in [-0.25, -0.2) is 15.0 Å². The molecule has 13 heteroatoms. The van der Waals surface area contributed by atoms with Gasteiger partial charge in [-0.05, 0) is 18.6 Å². The average molecular weight is 492 g/mol. The standard InChI is InChI=1S/C23H24N8O5/c24-18-3-1-2-14(25-18)22-27-16(12-35-22)21(33)26-15-10-17-19(28-20(15)31-5-4-13(32)11-31)29-23(36-17)30-6-8-34-9-7-30/h1-3,10,12-13,32H,4-9,11H2,(H2,24,25)(H,26,33)/t13-/m1/s1. The number of nitrogens with two attached hydrogens (primary N) is 1. The number of pyridine rings is 2. The Morgan fingerprint density at radius 1 is 1.11 bits per heavy atom. The van der Waals surface area contributed by atoms with Gasteiger partial charge in [-0.1, -0.05) is 6.07 Å². The molecule has 0 bridgehead atoms. The van der Waals surface area contributed by atoms with Gasteiger partial charge in [-0.15, -0.1) is 0 Å². The predicted molar refractivity (Wildman–Crippen MR) is 130 cm³/mol. The number of carbonyl (C=O) groups is 1. The molecule has 1 atom stereocenters. The molecule has 4 aromatic heterocycles. The normalized spacial score (nSPS) is 18.2. The molecular weight excluding hydrogens is 468 g/mol. The largest absolute Gasteiger partial charge is 0.442 e. The topological polar surface area (TPSA) is 169 Å². The van der Waals surface area contributed by atoms with Crippen LogP contribution in [0.5, 0.6) is 0 Å². The summed E-state index contributed by atoms with van der Waals surface area (Å²) in [6.45, 7) is 3.50. The smallest absolute Gasteiger partial charge is 0.300 e. The Balaban J connectivity index is 1.31. The number of rotatable bonds is 5. The summed E-state index contributed by atoms with van der Waals surface area (Å²) in [5.74, 6) is 0.491. The van der Waals surface area contributed by atoms with Crippen molar-refractivity contribution in [3.05, 3.63) is 36.2 Å². The minimum absolute atomic E-state index is 0.0632. The van der Waals surface area contributed by atoms with Gasteiger partial charge in [0, 0.05) is 32.2 Å². The first-order valence-electron chi connectivity index (χ1n) is 11.6. The molecule has 4 aromatic rings. The lowest BCUT2D eigenvalue weighted by Crippen LogP contribution is -2.36. The van der Waals surface area contributed by atoms with Crippen LogP contribution in [0.15, 0.2) is 39.4 Å². The number of ether oxygens (including phenoxy) is 1. The number of nitrogens with zero attached hydrogens (tertiary/aromatic N) is 6. The predicted octanol–water partition coefficient (Wildman–Crippen LogP) is 1.51. The van der Waals surface area contributed by atoms with E-state index in [1.807, 2.05) is 9.80 Å². The maximum absolute atomic E-state index is 13.1. The summed E-state index contributed by atoms with van der Waals surface area (Å²) in [7, 11) is 0. The molecule has 0 aliphatic carbocycles. The summed E-state index contributed by atoms with van der Waals surface area (Å²) in [5, 5.41) is 12.9. The minimum atomic E-state index is -0.496. The molecule has 2 fully saturated rings. The van der Waals surface area contributed by atoms with Gasteiger partial charge in [-0.3, -0.25) is 4.79 Å². The number of fused-ring (bicyclic) bond motifs is 1. The van der Waals surface area contributed by atoms with Crippen molar-refractivity contribution >= 4 is 40.5 Å². The van der Waals surface area contributed by atoms with Crippen molar-refractivity contribution in [1.82, 2.24) is 19.9 Å². The Kier molecular flexibility index (Phi) is 5.62. The summed E-state index contributed by atoms with van der Waals surface area (Å²) in [6, 6.07) is 7.20. The van der Waals surface area contributed by atoms with E-state index >= 15 is 0 Å². The summed E-state index contributed by atoms with van der Waals surface area (Å²) in [6.07, 6.45) is 1.38. The van der Waals surface area contributed by atoms with Gasteiger partial charge >= 0.3 is 0 Å². The van der Waals surface area contributed by atoms with E-state index in [9.17, 15) is 9.90 Å². The minimum Gasteiger partial charge on any atom is -0.442 e. The Labute approximate surface area is 204 Å². The maximum atomic E-state index is 13.1. The zero-order chi connectivity index (χ0) is 24.6. The van der Waals surface area contributed by atoms with Gasteiger partial charge in [0.15, 0.2) is 17.1 Å². The molecule has 36 heavy (non-hydrogen) atoms. The molecule has 2 saturated heterocycles. The first-order chi connectivity index (χ1) is 17.5. The second-order valence-corrected chi connectivity index (χ2v) is 8.61. The van der Waals surface area contributed by atoms with Crippen LogP contribution in [-0.4, -0.2) is 76.4 Å². The van der Waals surface area contributed by atoms with E-state index in [1.165, 1.54) is 6.26 Å². The van der Waals surface area contributed by atoms with E-state index in [1.54, 1.807) is 24.3 Å². The molecule has 0 saturated carbocycles. The lowest BCUT2D eigenvalue weighted by molar-refractivity contribution is 0.102. The number of aliphatic hydroxyl groups is 1. The molecule has 13 nitrogen and oxygen atoms in total. The summed E-state index contributed by atoms with van der Waals surface area (Å²) in [4.78, 5) is 34.7. The molecule has 0 radical (unpaired) electrons. The highest BCUT2D eigenvalue weighted by Crippen LogP contribution is 2.33. The number of morpholine rings is 1. The van der Waals surface area contributed by atoms with Crippen molar-refractivity contribution in [3.63, 3.8) is 0 Å². The van der Waals surface area contributed by atoms with E-state index < -0.39 is 12.0 Å². The van der Waals surface area contributed by atoms with Gasteiger partial charge in [0.2, 0.25) is 11.5 Å². The molecule has 186 valence electrons. The fourth-order valence-electron chi connectivity index (χ4n) is 4.25. The second kappa shape index (κ2) is 9.09. The summed E-state index contributed by atoms with van der Waals surface area (Å²) in [5.41, 5.74) is 7.48. The van der Waals surface area contributed by atoms with Crippen LogP contribution in [0, 0.1) is 0 Å². The molecule has 0 aromatic carbocycles. The Bertz CT molecular complexity index is 1410. The quantitative estimate of drug-likeness (QED) is 0.368.